The second-order valence-electron chi connectivity index (χ2n) is 8.18. The molecule has 0 bridgehead atoms. The number of aromatic nitrogens is 3. The summed E-state index contributed by atoms with van der Waals surface area (Å²) < 4.78 is 43.5. The summed E-state index contributed by atoms with van der Waals surface area (Å²) in [5, 5.41) is 0.764. The highest BCUT2D eigenvalue weighted by molar-refractivity contribution is 7.92. The van der Waals surface area contributed by atoms with E-state index in [1.807, 2.05) is 6.07 Å². The van der Waals surface area contributed by atoms with Crippen LogP contribution in [-0.2, 0) is 21.4 Å². The molecule has 1 aliphatic rings. The number of rotatable bonds is 6. The Morgan fingerprint density at radius 2 is 1.77 bits per heavy atom. The molecule has 2 aromatic heterocycles. The molecule has 0 atom stereocenters. The summed E-state index contributed by atoms with van der Waals surface area (Å²) >= 11 is 0. The van der Waals surface area contributed by atoms with Crippen molar-refractivity contribution in [2.24, 2.45) is 0 Å². The van der Waals surface area contributed by atoms with E-state index in [2.05, 4.69) is 19.6 Å². The highest BCUT2D eigenvalue weighted by Gasteiger charge is 2.23. The fraction of sp³-hybridized carbons (Fsp3) is 0.208. The van der Waals surface area contributed by atoms with Crippen molar-refractivity contribution in [3.63, 3.8) is 0 Å². The molecule has 4 aromatic rings. The monoisotopic (exact) mass is 494 g/mol. The molecule has 0 radical (unpaired) electrons. The van der Waals surface area contributed by atoms with Gasteiger partial charge < -0.3 is 14.4 Å². The zero-order chi connectivity index (χ0) is 24.4. The van der Waals surface area contributed by atoms with Gasteiger partial charge in [0.05, 0.1) is 10.4 Å². The number of carbonyl (C=O) groups excluding carboxylic acids is 1. The summed E-state index contributed by atoms with van der Waals surface area (Å²) in [6, 6.07) is 14.7. The number of piperazine rings is 1. The number of carbonyl (C=O) groups is 1. The minimum absolute atomic E-state index is 0.0670. The van der Waals surface area contributed by atoms with E-state index in [4.69, 9.17) is 0 Å². The molecule has 2 aromatic carbocycles. The van der Waals surface area contributed by atoms with Crippen LogP contribution in [0.5, 0.6) is 0 Å². The van der Waals surface area contributed by atoms with Gasteiger partial charge in [-0.25, -0.2) is 22.8 Å². The number of halogens is 1. The molecular weight excluding hydrogens is 471 g/mol. The average molecular weight is 495 g/mol. The number of amides is 1. The van der Waals surface area contributed by atoms with Gasteiger partial charge in [-0.15, -0.1) is 0 Å². The first-order valence-electron chi connectivity index (χ1n) is 11.1. The minimum atomic E-state index is -3.77. The van der Waals surface area contributed by atoms with Crippen LogP contribution in [0.1, 0.15) is 0 Å². The molecule has 35 heavy (non-hydrogen) atoms. The summed E-state index contributed by atoms with van der Waals surface area (Å²) in [5.41, 5.74) is 1.31. The van der Waals surface area contributed by atoms with Crippen molar-refractivity contribution in [1.82, 2.24) is 19.4 Å². The molecule has 11 heteroatoms. The summed E-state index contributed by atoms with van der Waals surface area (Å²) in [5.74, 6) is -0.217. The molecule has 0 saturated carbocycles. The van der Waals surface area contributed by atoms with E-state index in [-0.39, 0.29) is 29.0 Å². The van der Waals surface area contributed by atoms with Gasteiger partial charge in [0.2, 0.25) is 5.91 Å². The van der Waals surface area contributed by atoms with Crippen LogP contribution in [0.2, 0.25) is 0 Å². The van der Waals surface area contributed by atoms with Gasteiger partial charge >= 0.3 is 0 Å². The molecule has 1 saturated heterocycles. The maximum atomic E-state index is 14.2. The Labute approximate surface area is 201 Å². The average Bonchev–Trinajstić information content (AvgIpc) is 3.28. The largest absolute Gasteiger partial charge is 0.368 e. The van der Waals surface area contributed by atoms with Gasteiger partial charge in [0, 0.05) is 49.6 Å². The fourth-order valence-electron chi connectivity index (χ4n) is 4.19. The van der Waals surface area contributed by atoms with E-state index < -0.39 is 10.0 Å². The molecule has 1 N–H and O–H groups in total. The number of hydrogen-bond acceptors (Lipinski definition) is 6. The topological polar surface area (TPSA) is 100 Å². The molecule has 9 nitrogen and oxygen atoms in total. The number of hydrogen-bond donors (Lipinski definition) is 1. The Hall–Kier alpha value is -3.99. The molecule has 1 amide bonds. The van der Waals surface area contributed by atoms with E-state index in [9.17, 15) is 17.6 Å². The Morgan fingerprint density at radius 1 is 1.00 bits per heavy atom. The standard InChI is InChI=1S/C24H23FN6O3S/c25-21-3-1-2-18-9-11-31(24(18)21)16-23(32)30-14-12-29(13-15-30)19-4-6-20(7-5-19)35(33,34)28-22-8-10-26-17-27-22/h1-11,17H,12-16H2,(H,26,27,28). The Balaban J connectivity index is 1.20. The van der Waals surface area contributed by atoms with E-state index in [1.54, 1.807) is 52.1 Å². The lowest BCUT2D eigenvalue weighted by Crippen LogP contribution is -2.49. The predicted octanol–water partition coefficient (Wildman–Crippen LogP) is 2.72. The minimum Gasteiger partial charge on any atom is -0.368 e. The van der Waals surface area contributed by atoms with Crippen molar-refractivity contribution in [1.29, 1.82) is 0 Å². The fourth-order valence-corrected chi connectivity index (χ4v) is 5.20. The SMILES string of the molecule is O=C(Cn1ccc2cccc(F)c21)N1CCN(c2ccc(S(=O)(=O)Nc3ccncn3)cc2)CC1. The van der Waals surface area contributed by atoms with Gasteiger partial charge in [-0.3, -0.25) is 9.52 Å². The van der Waals surface area contributed by atoms with Crippen LogP contribution in [0.4, 0.5) is 15.9 Å². The number of sulfonamides is 1. The summed E-state index contributed by atoms with van der Waals surface area (Å²) in [6.45, 7) is 2.34. The first kappa shape index (κ1) is 22.8. The maximum absolute atomic E-state index is 14.2. The lowest BCUT2D eigenvalue weighted by atomic mass is 10.2. The first-order valence-corrected chi connectivity index (χ1v) is 12.5. The van der Waals surface area contributed by atoms with Crippen LogP contribution in [0.25, 0.3) is 10.9 Å². The highest BCUT2D eigenvalue weighted by atomic mass is 32.2. The second-order valence-corrected chi connectivity index (χ2v) is 9.87. The lowest BCUT2D eigenvalue weighted by Gasteiger charge is -2.36. The summed E-state index contributed by atoms with van der Waals surface area (Å²) in [7, 11) is -3.77. The lowest BCUT2D eigenvalue weighted by molar-refractivity contribution is -0.132. The van der Waals surface area contributed by atoms with Crippen molar-refractivity contribution < 1.29 is 17.6 Å². The molecule has 1 fully saturated rings. The first-order chi connectivity index (χ1) is 16.9. The Bertz CT molecular complexity index is 1450. The van der Waals surface area contributed by atoms with E-state index in [1.165, 1.54) is 24.7 Å². The molecule has 0 unspecified atom stereocenters. The van der Waals surface area contributed by atoms with Crippen LogP contribution in [-0.4, -0.2) is 59.9 Å². The van der Waals surface area contributed by atoms with Gasteiger partial charge in [0.25, 0.3) is 10.0 Å². The molecule has 180 valence electrons. The molecule has 0 spiro atoms. The zero-order valence-electron chi connectivity index (χ0n) is 18.7. The summed E-state index contributed by atoms with van der Waals surface area (Å²) in [6.07, 6.45) is 4.46. The van der Waals surface area contributed by atoms with Gasteiger partial charge in [0.15, 0.2) is 0 Å². The van der Waals surface area contributed by atoms with E-state index >= 15 is 0 Å². The Kier molecular flexibility index (Phi) is 6.08. The quantitative estimate of drug-likeness (QED) is 0.443. The number of anilines is 2. The Morgan fingerprint density at radius 3 is 2.49 bits per heavy atom. The number of nitrogens with zero attached hydrogens (tertiary/aromatic N) is 5. The number of nitrogens with one attached hydrogen (secondary N) is 1. The number of benzene rings is 2. The van der Waals surface area contributed by atoms with Crippen LogP contribution in [0, 0.1) is 5.82 Å². The number of para-hydroxylation sites is 1. The predicted molar refractivity (Wildman–Crippen MR) is 130 cm³/mol. The van der Waals surface area contributed by atoms with Gasteiger partial charge in [-0.05, 0) is 42.5 Å². The molecule has 3 heterocycles. The van der Waals surface area contributed by atoms with Crippen molar-refractivity contribution >= 4 is 38.3 Å². The maximum Gasteiger partial charge on any atom is 0.263 e. The van der Waals surface area contributed by atoms with Gasteiger partial charge in [-0.1, -0.05) is 12.1 Å². The third kappa shape index (κ3) is 4.80. The van der Waals surface area contributed by atoms with Gasteiger partial charge in [0.1, 0.15) is 24.5 Å². The molecule has 0 aliphatic carbocycles. The third-order valence-electron chi connectivity index (χ3n) is 6.01. The number of fused-ring (bicyclic) bond motifs is 1. The highest BCUT2D eigenvalue weighted by Crippen LogP contribution is 2.22. The zero-order valence-corrected chi connectivity index (χ0v) is 19.5. The van der Waals surface area contributed by atoms with Crippen molar-refractivity contribution in [2.45, 2.75) is 11.4 Å². The van der Waals surface area contributed by atoms with Crippen molar-refractivity contribution in [2.75, 3.05) is 35.8 Å². The molecule has 1 aliphatic heterocycles. The second kappa shape index (κ2) is 9.34. The van der Waals surface area contributed by atoms with Crippen LogP contribution < -0.4 is 9.62 Å². The van der Waals surface area contributed by atoms with Gasteiger partial charge in [-0.2, -0.15) is 0 Å². The summed E-state index contributed by atoms with van der Waals surface area (Å²) in [4.78, 5) is 24.5. The third-order valence-corrected chi connectivity index (χ3v) is 7.38. The van der Waals surface area contributed by atoms with Crippen LogP contribution in [0.15, 0.2) is 78.2 Å². The van der Waals surface area contributed by atoms with Crippen molar-refractivity contribution in [3.8, 4) is 0 Å². The van der Waals surface area contributed by atoms with E-state index in [0.717, 1.165) is 11.1 Å². The molecule has 5 rings (SSSR count). The van der Waals surface area contributed by atoms with Crippen LogP contribution in [0.3, 0.4) is 0 Å². The normalized spacial score (nSPS) is 14.3. The smallest absolute Gasteiger partial charge is 0.263 e. The van der Waals surface area contributed by atoms with Crippen LogP contribution >= 0.6 is 0 Å². The molecular formula is C24H23FN6O3S. The van der Waals surface area contributed by atoms with Crippen molar-refractivity contribution in [3.05, 3.63) is 79.1 Å². The van der Waals surface area contributed by atoms with E-state index in [0.29, 0.717) is 31.7 Å².